The molecule has 0 bridgehead atoms. The molecule has 0 N–H and O–H groups in total. The van der Waals surface area contributed by atoms with Gasteiger partial charge in [-0.2, -0.15) is 0 Å². The molecular formula is C12H11NOS. The van der Waals surface area contributed by atoms with E-state index in [9.17, 15) is 4.79 Å². The van der Waals surface area contributed by atoms with Crippen molar-refractivity contribution < 1.29 is 4.79 Å². The number of hydrogen-bond donors (Lipinski definition) is 0. The molecule has 0 amide bonds. The Morgan fingerprint density at radius 2 is 2.07 bits per heavy atom. The molecule has 0 unspecified atom stereocenters. The van der Waals surface area contributed by atoms with E-state index in [1.165, 1.54) is 4.88 Å². The van der Waals surface area contributed by atoms with Crippen LogP contribution < -0.4 is 0 Å². The van der Waals surface area contributed by atoms with Crippen LogP contribution >= 0.6 is 11.3 Å². The normalized spacial score (nSPS) is 10.2. The lowest BCUT2D eigenvalue weighted by Crippen LogP contribution is -1.79. The zero-order valence-electron chi connectivity index (χ0n) is 8.43. The van der Waals surface area contributed by atoms with Crippen molar-refractivity contribution in [1.29, 1.82) is 0 Å². The summed E-state index contributed by atoms with van der Waals surface area (Å²) in [5.41, 5.74) is 1.77. The zero-order chi connectivity index (χ0) is 10.7. The second-order valence-electron chi connectivity index (χ2n) is 3.23. The average Bonchev–Trinajstić information content (AvgIpc) is 2.78. The molecule has 76 valence electrons. The SMILES string of the molecule is CCc1cnc(-c2ccc(C=O)cc2)s1. The number of aryl methyl sites for hydroxylation is 1. The van der Waals surface area contributed by atoms with Crippen molar-refractivity contribution in [2.75, 3.05) is 0 Å². The van der Waals surface area contributed by atoms with Crippen molar-refractivity contribution in [2.24, 2.45) is 0 Å². The van der Waals surface area contributed by atoms with Gasteiger partial charge in [-0.1, -0.05) is 31.2 Å². The molecule has 0 aliphatic carbocycles. The summed E-state index contributed by atoms with van der Waals surface area (Å²) in [6, 6.07) is 7.49. The maximum atomic E-state index is 10.5. The van der Waals surface area contributed by atoms with Crippen molar-refractivity contribution in [1.82, 2.24) is 4.98 Å². The lowest BCUT2D eigenvalue weighted by Gasteiger charge is -1.95. The highest BCUT2D eigenvalue weighted by Gasteiger charge is 2.03. The van der Waals surface area contributed by atoms with Crippen LogP contribution in [0.25, 0.3) is 10.6 Å². The molecular weight excluding hydrogens is 206 g/mol. The Balaban J connectivity index is 2.32. The second kappa shape index (κ2) is 4.36. The Hall–Kier alpha value is -1.48. The summed E-state index contributed by atoms with van der Waals surface area (Å²) in [5, 5.41) is 1.02. The molecule has 2 nitrogen and oxygen atoms in total. The van der Waals surface area contributed by atoms with Gasteiger partial charge >= 0.3 is 0 Å². The molecule has 2 rings (SSSR count). The van der Waals surface area contributed by atoms with Gasteiger partial charge in [0, 0.05) is 22.2 Å². The summed E-state index contributed by atoms with van der Waals surface area (Å²) < 4.78 is 0. The first kappa shape index (κ1) is 10.1. The van der Waals surface area contributed by atoms with E-state index in [0.29, 0.717) is 5.56 Å². The van der Waals surface area contributed by atoms with Crippen molar-refractivity contribution in [3.05, 3.63) is 40.9 Å². The predicted molar refractivity (Wildman–Crippen MR) is 62.3 cm³/mol. The van der Waals surface area contributed by atoms with Gasteiger partial charge in [0.05, 0.1) is 0 Å². The monoisotopic (exact) mass is 217 g/mol. The minimum Gasteiger partial charge on any atom is -0.298 e. The first-order valence-corrected chi connectivity index (χ1v) is 5.65. The lowest BCUT2D eigenvalue weighted by molar-refractivity contribution is 0.112. The molecule has 0 aliphatic heterocycles. The number of carbonyl (C=O) groups excluding carboxylic acids is 1. The number of nitrogens with zero attached hydrogens (tertiary/aromatic N) is 1. The third kappa shape index (κ3) is 2.13. The van der Waals surface area contributed by atoms with E-state index in [-0.39, 0.29) is 0 Å². The number of aromatic nitrogens is 1. The zero-order valence-corrected chi connectivity index (χ0v) is 9.25. The Kier molecular flexibility index (Phi) is 2.92. The van der Waals surface area contributed by atoms with Crippen LogP contribution in [-0.4, -0.2) is 11.3 Å². The van der Waals surface area contributed by atoms with Gasteiger partial charge in [-0.3, -0.25) is 4.79 Å². The summed E-state index contributed by atoms with van der Waals surface area (Å²) >= 11 is 1.70. The van der Waals surface area contributed by atoms with E-state index in [4.69, 9.17) is 0 Å². The minimum absolute atomic E-state index is 0.700. The van der Waals surface area contributed by atoms with Crippen LogP contribution in [0.2, 0.25) is 0 Å². The maximum absolute atomic E-state index is 10.5. The standard InChI is InChI=1S/C12H11NOS/c1-2-11-7-13-12(15-11)10-5-3-9(8-14)4-6-10/h3-8H,2H2,1H3. The van der Waals surface area contributed by atoms with Gasteiger partial charge in [0.2, 0.25) is 0 Å². The van der Waals surface area contributed by atoms with Crippen LogP contribution in [0.3, 0.4) is 0 Å². The van der Waals surface area contributed by atoms with Crippen molar-refractivity contribution >= 4 is 17.6 Å². The summed E-state index contributed by atoms with van der Waals surface area (Å²) in [7, 11) is 0. The van der Waals surface area contributed by atoms with Crippen LogP contribution in [-0.2, 0) is 6.42 Å². The van der Waals surface area contributed by atoms with Crippen LogP contribution in [0, 0.1) is 0 Å². The molecule has 1 aromatic heterocycles. The topological polar surface area (TPSA) is 30.0 Å². The van der Waals surface area contributed by atoms with E-state index < -0.39 is 0 Å². The molecule has 1 heterocycles. The van der Waals surface area contributed by atoms with Crippen LogP contribution in [0.15, 0.2) is 30.5 Å². The number of aldehydes is 1. The molecule has 0 fully saturated rings. The smallest absolute Gasteiger partial charge is 0.150 e. The largest absolute Gasteiger partial charge is 0.298 e. The molecule has 0 saturated heterocycles. The molecule has 0 atom stereocenters. The molecule has 15 heavy (non-hydrogen) atoms. The number of benzene rings is 1. The molecule has 3 heteroatoms. The number of rotatable bonds is 3. The number of carbonyl (C=O) groups is 1. The first-order chi connectivity index (χ1) is 7.33. The van der Waals surface area contributed by atoms with Gasteiger partial charge in [0.25, 0.3) is 0 Å². The van der Waals surface area contributed by atoms with E-state index >= 15 is 0 Å². The quantitative estimate of drug-likeness (QED) is 0.739. The summed E-state index contributed by atoms with van der Waals surface area (Å²) in [6.07, 6.45) is 3.78. The third-order valence-electron chi connectivity index (χ3n) is 2.20. The average molecular weight is 217 g/mol. The fourth-order valence-electron chi connectivity index (χ4n) is 1.31. The number of hydrogen-bond acceptors (Lipinski definition) is 3. The van der Waals surface area contributed by atoms with Crippen LogP contribution in [0.1, 0.15) is 22.2 Å². The highest BCUT2D eigenvalue weighted by molar-refractivity contribution is 7.15. The molecule has 0 aliphatic rings. The molecule has 1 aromatic carbocycles. The fraction of sp³-hybridized carbons (Fsp3) is 0.167. The third-order valence-corrected chi connectivity index (χ3v) is 3.39. The highest BCUT2D eigenvalue weighted by Crippen LogP contribution is 2.25. The van der Waals surface area contributed by atoms with Gasteiger partial charge in [0.1, 0.15) is 11.3 Å². The highest BCUT2D eigenvalue weighted by atomic mass is 32.1. The van der Waals surface area contributed by atoms with E-state index in [1.54, 1.807) is 11.3 Å². The van der Waals surface area contributed by atoms with E-state index in [2.05, 4.69) is 11.9 Å². The second-order valence-corrected chi connectivity index (χ2v) is 4.34. The summed E-state index contributed by atoms with van der Waals surface area (Å²) in [5.74, 6) is 0. The molecule has 0 radical (unpaired) electrons. The summed E-state index contributed by atoms with van der Waals surface area (Å²) in [6.45, 7) is 2.12. The number of thiazole rings is 1. The maximum Gasteiger partial charge on any atom is 0.150 e. The van der Waals surface area contributed by atoms with Crippen LogP contribution in [0.4, 0.5) is 0 Å². The van der Waals surface area contributed by atoms with Gasteiger partial charge in [-0.25, -0.2) is 4.98 Å². The van der Waals surface area contributed by atoms with Gasteiger partial charge < -0.3 is 0 Å². The van der Waals surface area contributed by atoms with Crippen molar-refractivity contribution in [3.63, 3.8) is 0 Å². The fourth-order valence-corrected chi connectivity index (χ4v) is 2.17. The van der Waals surface area contributed by atoms with Gasteiger partial charge in [-0.15, -0.1) is 11.3 Å². The van der Waals surface area contributed by atoms with Gasteiger partial charge in [0.15, 0.2) is 0 Å². The predicted octanol–water partition coefficient (Wildman–Crippen LogP) is 3.19. The van der Waals surface area contributed by atoms with Crippen molar-refractivity contribution in [2.45, 2.75) is 13.3 Å². The Labute approximate surface area is 92.6 Å². The van der Waals surface area contributed by atoms with E-state index in [0.717, 1.165) is 23.3 Å². The lowest BCUT2D eigenvalue weighted by atomic mass is 10.1. The Morgan fingerprint density at radius 1 is 1.33 bits per heavy atom. The Bertz CT molecular complexity index is 459. The first-order valence-electron chi connectivity index (χ1n) is 4.84. The summed E-state index contributed by atoms with van der Waals surface area (Å²) in [4.78, 5) is 16.1. The van der Waals surface area contributed by atoms with E-state index in [1.807, 2.05) is 30.5 Å². The molecule has 0 saturated carbocycles. The minimum atomic E-state index is 0.700. The van der Waals surface area contributed by atoms with Crippen LogP contribution in [0.5, 0.6) is 0 Å². The molecule has 0 spiro atoms. The van der Waals surface area contributed by atoms with Crippen molar-refractivity contribution in [3.8, 4) is 10.6 Å². The Morgan fingerprint density at radius 3 is 2.60 bits per heavy atom. The van der Waals surface area contributed by atoms with Gasteiger partial charge in [-0.05, 0) is 6.42 Å². The molecule has 2 aromatic rings.